The Labute approximate surface area is 105 Å². The van der Waals surface area contributed by atoms with Crippen molar-refractivity contribution < 1.29 is 17.6 Å². The summed E-state index contributed by atoms with van der Waals surface area (Å²) in [6.45, 7) is 1.96. The highest BCUT2D eigenvalue weighted by molar-refractivity contribution is 7.87. The van der Waals surface area contributed by atoms with Crippen LogP contribution in [0.25, 0.3) is 0 Å². The van der Waals surface area contributed by atoms with E-state index < -0.39 is 21.9 Å². The molecular formula is C11H13FN2O3S. The summed E-state index contributed by atoms with van der Waals surface area (Å²) in [6, 6.07) is 4.09. The zero-order valence-corrected chi connectivity index (χ0v) is 10.9. The Kier molecular flexibility index (Phi) is 3.12. The van der Waals surface area contributed by atoms with E-state index in [1.54, 1.807) is 13.0 Å². The first-order valence-electron chi connectivity index (χ1n) is 5.38. The molecule has 5 nitrogen and oxygen atoms in total. The van der Waals surface area contributed by atoms with Gasteiger partial charge in [-0.05, 0) is 24.6 Å². The Morgan fingerprint density at radius 1 is 1.33 bits per heavy atom. The van der Waals surface area contributed by atoms with Gasteiger partial charge >= 0.3 is 10.2 Å². The molecule has 0 atom stereocenters. The lowest BCUT2D eigenvalue weighted by Gasteiger charge is -2.16. The Morgan fingerprint density at radius 2 is 2.00 bits per heavy atom. The standard InChI is InChI=1S/C11H13FN2O3S/c1-8-3-4-9(10(12)7-8)11(15)14-6-5-13(2)18(14,16)17/h3-4,7H,5-6H2,1-2H3. The number of likely N-dealkylation sites (N-methyl/N-ethyl adjacent to an activating group) is 1. The van der Waals surface area contributed by atoms with Gasteiger partial charge in [-0.25, -0.2) is 8.70 Å². The number of nitrogens with zero attached hydrogens (tertiary/aromatic N) is 2. The molecule has 1 aliphatic rings. The maximum absolute atomic E-state index is 13.6. The van der Waals surface area contributed by atoms with Gasteiger partial charge in [0.05, 0.1) is 12.1 Å². The second kappa shape index (κ2) is 4.33. The Balaban J connectivity index is 2.39. The van der Waals surface area contributed by atoms with E-state index in [9.17, 15) is 17.6 Å². The summed E-state index contributed by atoms with van der Waals surface area (Å²) in [5, 5.41) is 0. The molecular weight excluding hydrogens is 259 g/mol. The van der Waals surface area contributed by atoms with Crippen LogP contribution in [0.2, 0.25) is 0 Å². The van der Waals surface area contributed by atoms with Crippen LogP contribution in [-0.2, 0) is 10.2 Å². The second-order valence-corrected chi connectivity index (χ2v) is 6.15. The molecule has 1 aromatic carbocycles. The minimum Gasteiger partial charge on any atom is -0.268 e. The normalized spacial score (nSPS) is 19.2. The number of carbonyl (C=O) groups is 1. The van der Waals surface area contributed by atoms with E-state index in [1.807, 2.05) is 0 Å². The zero-order chi connectivity index (χ0) is 13.5. The molecule has 1 amide bonds. The van der Waals surface area contributed by atoms with Crippen LogP contribution in [0.1, 0.15) is 15.9 Å². The number of benzene rings is 1. The molecule has 1 fully saturated rings. The maximum atomic E-state index is 13.6. The number of carbonyl (C=O) groups excluding carboxylic acids is 1. The van der Waals surface area contributed by atoms with Crippen molar-refractivity contribution >= 4 is 16.1 Å². The lowest BCUT2D eigenvalue weighted by Crippen LogP contribution is -2.36. The molecule has 0 bridgehead atoms. The number of aryl methyl sites for hydroxylation is 1. The van der Waals surface area contributed by atoms with Crippen LogP contribution >= 0.6 is 0 Å². The molecule has 1 aromatic rings. The molecule has 0 aliphatic carbocycles. The van der Waals surface area contributed by atoms with E-state index in [0.29, 0.717) is 9.87 Å². The van der Waals surface area contributed by atoms with Crippen LogP contribution in [0, 0.1) is 12.7 Å². The fourth-order valence-electron chi connectivity index (χ4n) is 1.76. The van der Waals surface area contributed by atoms with Crippen LogP contribution in [-0.4, -0.2) is 43.1 Å². The van der Waals surface area contributed by atoms with Crippen LogP contribution in [0.4, 0.5) is 4.39 Å². The molecule has 2 rings (SSSR count). The van der Waals surface area contributed by atoms with Crippen molar-refractivity contribution in [1.82, 2.24) is 8.61 Å². The molecule has 0 spiro atoms. The van der Waals surface area contributed by atoms with E-state index in [1.165, 1.54) is 19.2 Å². The summed E-state index contributed by atoms with van der Waals surface area (Å²) in [4.78, 5) is 12.0. The summed E-state index contributed by atoms with van der Waals surface area (Å²) >= 11 is 0. The van der Waals surface area contributed by atoms with Gasteiger partial charge in [-0.1, -0.05) is 6.07 Å². The Morgan fingerprint density at radius 3 is 2.50 bits per heavy atom. The summed E-state index contributed by atoms with van der Waals surface area (Å²) in [5.41, 5.74) is 0.449. The second-order valence-electron chi connectivity index (χ2n) is 4.19. The number of hydrogen-bond acceptors (Lipinski definition) is 3. The van der Waals surface area contributed by atoms with Gasteiger partial charge in [-0.3, -0.25) is 4.79 Å². The SMILES string of the molecule is Cc1ccc(C(=O)N2CCN(C)S2(=O)=O)c(F)c1. The Bertz CT molecular complexity index is 600. The third-order valence-electron chi connectivity index (χ3n) is 2.87. The molecule has 1 aliphatic heterocycles. The molecule has 98 valence electrons. The third kappa shape index (κ3) is 1.99. The predicted octanol–water partition coefficient (Wildman–Crippen LogP) is 0.767. The minimum absolute atomic E-state index is 0.0466. The van der Waals surface area contributed by atoms with Crippen molar-refractivity contribution in [3.63, 3.8) is 0 Å². The van der Waals surface area contributed by atoms with E-state index in [-0.39, 0.29) is 18.7 Å². The molecule has 0 aromatic heterocycles. The van der Waals surface area contributed by atoms with Crippen molar-refractivity contribution in [3.8, 4) is 0 Å². The third-order valence-corrected chi connectivity index (χ3v) is 4.75. The van der Waals surface area contributed by atoms with Crippen molar-refractivity contribution in [2.24, 2.45) is 0 Å². The average molecular weight is 272 g/mol. The summed E-state index contributed by atoms with van der Waals surface area (Å²) in [6.07, 6.45) is 0. The summed E-state index contributed by atoms with van der Waals surface area (Å²) < 4.78 is 39.0. The fourth-order valence-corrected chi connectivity index (χ4v) is 3.03. The number of halogens is 1. The van der Waals surface area contributed by atoms with Crippen molar-refractivity contribution in [3.05, 3.63) is 35.1 Å². The van der Waals surface area contributed by atoms with Gasteiger partial charge in [0.15, 0.2) is 0 Å². The summed E-state index contributed by atoms with van der Waals surface area (Å²) in [7, 11) is -2.41. The van der Waals surface area contributed by atoms with Gasteiger partial charge in [-0.15, -0.1) is 0 Å². The van der Waals surface area contributed by atoms with Crippen molar-refractivity contribution in [2.75, 3.05) is 20.1 Å². The first-order valence-corrected chi connectivity index (χ1v) is 6.78. The summed E-state index contributed by atoms with van der Waals surface area (Å²) in [5.74, 6) is -1.53. The fraction of sp³-hybridized carbons (Fsp3) is 0.364. The minimum atomic E-state index is -3.79. The first kappa shape index (κ1) is 13.0. The Hall–Kier alpha value is -1.47. The number of rotatable bonds is 1. The molecule has 0 N–H and O–H groups in total. The van der Waals surface area contributed by atoms with E-state index >= 15 is 0 Å². The van der Waals surface area contributed by atoms with Gasteiger partial charge in [0, 0.05) is 13.6 Å². The van der Waals surface area contributed by atoms with Crippen molar-refractivity contribution in [1.29, 1.82) is 0 Å². The molecule has 1 saturated heterocycles. The van der Waals surface area contributed by atoms with Crippen LogP contribution < -0.4 is 0 Å². The predicted molar refractivity (Wildman–Crippen MR) is 63.7 cm³/mol. The van der Waals surface area contributed by atoms with Crippen LogP contribution in [0.3, 0.4) is 0 Å². The van der Waals surface area contributed by atoms with Gasteiger partial charge < -0.3 is 0 Å². The first-order chi connectivity index (χ1) is 8.34. The van der Waals surface area contributed by atoms with Gasteiger partial charge in [0.1, 0.15) is 5.82 Å². The smallest absolute Gasteiger partial charge is 0.268 e. The molecule has 1 heterocycles. The molecule has 7 heteroatoms. The number of hydrogen-bond donors (Lipinski definition) is 0. The maximum Gasteiger partial charge on any atom is 0.306 e. The highest BCUT2D eigenvalue weighted by Crippen LogP contribution is 2.19. The van der Waals surface area contributed by atoms with Gasteiger partial charge in [0.2, 0.25) is 0 Å². The zero-order valence-electron chi connectivity index (χ0n) is 10.1. The van der Waals surface area contributed by atoms with E-state index in [4.69, 9.17) is 0 Å². The highest BCUT2D eigenvalue weighted by Gasteiger charge is 2.38. The van der Waals surface area contributed by atoms with E-state index in [2.05, 4.69) is 0 Å². The monoisotopic (exact) mass is 272 g/mol. The lowest BCUT2D eigenvalue weighted by molar-refractivity contribution is 0.0867. The quantitative estimate of drug-likeness (QED) is 0.758. The topological polar surface area (TPSA) is 57.7 Å². The molecule has 0 unspecified atom stereocenters. The van der Waals surface area contributed by atoms with Crippen LogP contribution in [0.15, 0.2) is 18.2 Å². The van der Waals surface area contributed by atoms with Gasteiger partial charge in [0.25, 0.3) is 5.91 Å². The van der Waals surface area contributed by atoms with Gasteiger partial charge in [-0.2, -0.15) is 12.7 Å². The lowest BCUT2D eigenvalue weighted by atomic mass is 10.1. The van der Waals surface area contributed by atoms with E-state index in [0.717, 1.165) is 4.31 Å². The van der Waals surface area contributed by atoms with Crippen LogP contribution in [0.5, 0.6) is 0 Å². The van der Waals surface area contributed by atoms with Crippen molar-refractivity contribution in [2.45, 2.75) is 6.92 Å². The number of amides is 1. The highest BCUT2D eigenvalue weighted by atomic mass is 32.2. The average Bonchev–Trinajstić information content (AvgIpc) is 2.53. The molecule has 0 radical (unpaired) electrons. The largest absolute Gasteiger partial charge is 0.306 e. The molecule has 18 heavy (non-hydrogen) atoms. The molecule has 0 saturated carbocycles.